The quantitative estimate of drug-likeness (QED) is 0.793. The highest BCUT2D eigenvalue weighted by molar-refractivity contribution is 4.91. The summed E-state index contributed by atoms with van der Waals surface area (Å²) < 4.78 is 6.34. The second-order valence-electron chi connectivity index (χ2n) is 6.19. The van der Waals surface area contributed by atoms with Crippen LogP contribution >= 0.6 is 0 Å². The summed E-state index contributed by atoms with van der Waals surface area (Å²) in [6, 6.07) is 0. The van der Waals surface area contributed by atoms with Crippen molar-refractivity contribution >= 4 is 0 Å². The maximum atomic E-state index is 6.34. The topological polar surface area (TPSA) is 21.3 Å². The molecule has 100 valence electrons. The van der Waals surface area contributed by atoms with Gasteiger partial charge >= 0.3 is 0 Å². The Balaban J connectivity index is 1.67. The third-order valence-electron chi connectivity index (χ3n) is 4.67. The van der Waals surface area contributed by atoms with E-state index in [-0.39, 0.29) is 0 Å². The van der Waals surface area contributed by atoms with E-state index in [1.165, 1.54) is 51.4 Å². The molecule has 1 aliphatic heterocycles. The van der Waals surface area contributed by atoms with Crippen LogP contribution in [0.1, 0.15) is 65.2 Å². The van der Waals surface area contributed by atoms with Crippen molar-refractivity contribution in [2.75, 3.05) is 13.1 Å². The largest absolute Gasteiger partial charge is 0.370 e. The van der Waals surface area contributed by atoms with Crippen molar-refractivity contribution < 1.29 is 4.74 Å². The Morgan fingerprint density at radius 3 is 2.71 bits per heavy atom. The maximum absolute atomic E-state index is 6.34. The summed E-state index contributed by atoms with van der Waals surface area (Å²) in [5.41, 5.74) is 0.293. The number of rotatable bonds is 5. The Kier molecular flexibility index (Phi) is 4.87. The molecule has 2 fully saturated rings. The summed E-state index contributed by atoms with van der Waals surface area (Å²) in [5, 5.41) is 3.58. The normalized spacial score (nSPS) is 29.6. The highest BCUT2D eigenvalue weighted by Gasteiger charge is 2.40. The molecule has 0 bridgehead atoms. The van der Waals surface area contributed by atoms with Gasteiger partial charge in [0.1, 0.15) is 0 Å². The molecule has 1 heterocycles. The van der Waals surface area contributed by atoms with Crippen molar-refractivity contribution in [1.29, 1.82) is 0 Å². The van der Waals surface area contributed by atoms with Crippen LogP contribution in [0, 0.1) is 5.92 Å². The first-order valence-electron chi connectivity index (χ1n) is 7.63. The number of hydrogen-bond donors (Lipinski definition) is 1. The van der Waals surface area contributed by atoms with E-state index in [1.54, 1.807) is 0 Å². The van der Waals surface area contributed by atoms with Crippen LogP contribution in [-0.4, -0.2) is 24.8 Å². The molecule has 0 aromatic heterocycles. The van der Waals surface area contributed by atoms with Crippen LogP contribution in [0.25, 0.3) is 0 Å². The Morgan fingerprint density at radius 2 is 2.00 bits per heavy atom. The van der Waals surface area contributed by atoms with Gasteiger partial charge in [0.05, 0.1) is 11.7 Å². The van der Waals surface area contributed by atoms with Crippen molar-refractivity contribution in [3.63, 3.8) is 0 Å². The van der Waals surface area contributed by atoms with E-state index in [1.807, 2.05) is 0 Å². The Bertz CT molecular complexity index is 223. The van der Waals surface area contributed by atoms with Gasteiger partial charge in [-0.3, -0.25) is 0 Å². The van der Waals surface area contributed by atoms with Crippen LogP contribution in [-0.2, 0) is 4.74 Å². The van der Waals surface area contributed by atoms with Crippen LogP contribution in [0.4, 0.5) is 0 Å². The van der Waals surface area contributed by atoms with E-state index in [0.29, 0.717) is 11.7 Å². The van der Waals surface area contributed by atoms with Gasteiger partial charge < -0.3 is 10.1 Å². The Hall–Kier alpha value is -0.0800. The summed E-state index contributed by atoms with van der Waals surface area (Å²) >= 11 is 0. The molecule has 1 spiro atoms. The van der Waals surface area contributed by atoms with E-state index in [2.05, 4.69) is 19.2 Å². The molecule has 1 saturated heterocycles. The van der Waals surface area contributed by atoms with Gasteiger partial charge in [0.2, 0.25) is 0 Å². The molecular weight excluding hydrogens is 210 g/mol. The van der Waals surface area contributed by atoms with Gasteiger partial charge in [-0.2, -0.15) is 0 Å². The van der Waals surface area contributed by atoms with Crippen molar-refractivity contribution in [2.24, 2.45) is 5.92 Å². The zero-order valence-corrected chi connectivity index (χ0v) is 11.6. The predicted molar refractivity (Wildman–Crippen MR) is 72.2 cm³/mol. The van der Waals surface area contributed by atoms with Gasteiger partial charge in [-0.1, -0.05) is 39.5 Å². The highest BCUT2D eigenvalue weighted by atomic mass is 16.5. The minimum atomic E-state index is 0.293. The Morgan fingerprint density at radius 1 is 1.24 bits per heavy atom. The van der Waals surface area contributed by atoms with Crippen LogP contribution in [0.15, 0.2) is 0 Å². The van der Waals surface area contributed by atoms with E-state index in [4.69, 9.17) is 4.74 Å². The maximum Gasteiger partial charge on any atom is 0.0708 e. The second-order valence-corrected chi connectivity index (χ2v) is 6.19. The number of nitrogens with one attached hydrogen (secondary N) is 1. The average molecular weight is 239 g/mol. The molecule has 2 rings (SSSR count). The summed E-state index contributed by atoms with van der Waals surface area (Å²) in [7, 11) is 0. The Labute approximate surface area is 107 Å². The monoisotopic (exact) mass is 239 g/mol. The van der Waals surface area contributed by atoms with E-state index >= 15 is 0 Å². The lowest BCUT2D eigenvalue weighted by Crippen LogP contribution is -2.35. The fourth-order valence-electron chi connectivity index (χ4n) is 3.24. The van der Waals surface area contributed by atoms with Crippen molar-refractivity contribution in [1.82, 2.24) is 5.32 Å². The zero-order valence-electron chi connectivity index (χ0n) is 11.6. The molecule has 0 aromatic rings. The number of hydrogen-bond acceptors (Lipinski definition) is 2. The summed E-state index contributed by atoms with van der Waals surface area (Å²) in [6.07, 6.45) is 11.1. The van der Waals surface area contributed by atoms with E-state index in [9.17, 15) is 0 Å². The number of ether oxygens (including phenoxy) is 1. The van der Waals surface area contributed by atoms with Gasteiger partial charge in [-0.25, -0.2) is 0 Å². The first-order valence-corrected chi connectivity index (χ1v) is 7.63. The van der Waals surface area contributed by atoms with Gasteiger partial charge in [0.25, 0.3) is 0 Å². The zero-order chi connectivity index (χ0) is 12.1. The molecule has 0 amide bonds. The molecule has 0 aromatic carbocycles. The average Bonchev–Trinajstić information content (AvgIpc) is 2.73. The first kappa shape index (κ1) is 13.4. The molecule has 1 aliphatic carbocycles. The predicted octanol–water partition coefficient (Wildman–Crippen LogP) is 3.50. The molecule has 1 N–H and O–H groups in total. The van der Waals surface area contributed by atoms with Gasteiger partial charge in [0.15, 0.2) is 0 Å². The van der Waals surface area contributed by atoms with Gasteiger partial charge in [-0.15, -0.1) is 0 Å². The van der Waals surface area contributed by atoms with Crippen molar-refractivity contribution in [2.45, 2.75) is 76.9 Å². The van der Waals surface area contributed by atoms with Crippen LogP contribution in [0.5, 0.6) is 0 Å². The van der Waals surface area contributed by atoms with Gasteiger partial charge in [-0.05, 0) is 38.1 Å². The van der Waals surface area contributed by atoms with Crippen molar-refractivity contribution in [3.8, 4) is 0 Å². The molecule has 1 saturated carbocycles. The summed E-state index contributed by atoms with van der Waals surface area (Å²) in [4.78, 5) is 0. The van der Waals surface area contributed by atoms with Crippen LogP contribution in [0.2, 0.25) is 0 Å². The molecule has 2 atom stereocenters. The lowest BCUT2D eigenvalue weighted by Gasteiger charge is -2.33. The van der Waals surface area contributed by atoms with Crippen LogP contribution in [0.3, 0.4) is 0 Å². The smallest absolute Gasteiger partial charge is 0.0708 e. The summed E-state index contributed by atoms with van der Waals surface area (Å²) in [6.45, 7) is 6.77. The van der Waals surface area contributed by atoms with E-state index < -0.39 is 0 Å². The highest BCUT2D eigenvalue weighted by Crippen LogP contribution is 2.41. The third kappa shape index (κ3) is 3.69. The molecule has 2 nitrogen and oxygen atoms in total. The molecule has 0 radical (unpaired) electrons. The minimum Gasteiger partial charge on any atom is -0.370 e. The first-order chi connectivity index (χ1) is 8.24. The fourth-order valence-corrected chi connectivity index (χ4v) is 3.24. The lowest BCUT2D eigenvalue weighted by molar-refractivity contribution is -0.0624. The van der Waals surface area contributed by atoms with E-state index in [0.717, 1.165) is 19.0 Å². The molecule has 2 unspecified atom stereocenters. The molecular formula is C15H29NO. The second kappa shape index (κ2) is 6.19. The lowest BCUT2D eigenvalue weighted by atomic mass is 9.83. The molecule has 17 heavy (non-hydrogen) atoms. The van der Waals surface area contributed by atoms with Gasteiger partial charge in [0, 0.05) is 6.54 Å². The fraction of sp³-hybridized carbons (Fsp3) is 1.00. The molecule has 2 aliphatic rings. The standard InChI is InChI=1S/C15H29NO/c1-3-13(2)11-16-12-14-7-10-15(17-14)8-5-4-6-9-15/h13-14,16H,3-12H2,1-2H3. The van der Waals surface area contributed by atoms with Crippen molar-refractivity contribution in [3.05, 3.63) is 0 Å². The summed E-state index contributed by atoms with van der Waals surface area (Å²) in [5.74, 6) is 0.792. The third-order valence-corrected chi connectivity index (χ3v) is 4.67. The molecule has 2 heteroatoms. The minimum absolute atomic E-state index is 0.293. The SMILES string of the molecule is CCC(C)CNCC1CCC2(CCCCC2)O1. The van der Waals surface area contributed by atoms with Crippen LogP contribution < -0.4 is 5.32 Å².